The topological polar surface area (TPSA) is 75.0 Å². The third-order valence-electron chi connectivity index (χ3n) is 4.50. The van der Waals surface area contributed by atoms with Crippen molar-refractivity contribution in [1.82, 2.24) is 20.1 Å². The third-order valence-corrected chi connectivity index (χ3v) is 5.31. The van der Waals surface area contributed by atoms with Crippen molar-refractivity contribution < 1.29 is 9.21 Å². The molecule has 7 heteroatoms. The standard InChI is InChI=1S/C18H20N4O2S/c23-16(22-9-5-1-2-6-10-22)12-25-18-21-20-17(24-18)14-11-19-15-8-4-3-7-13(14)15/h3-4,7-8,11,19H,1-2,5-6,9-10,12H2. The van der Waals surface area contributed by atoms with Crippen LogP contribution in [-0.2, 0) is 4.79 Å². The molecule has 1 aliphatic heterocycles. The fourth-order valence-electron chi connectivity index (χ4n) is 3.16. The molecule has 6 nitrogen and oxygen atoms in total. The van der Waals surface area contributed by atoms with Crippen LogP contribution in [0, 0.1) is 0 Å². The van der Waals surface area contributed by atoms with E-state index in [-0.39, 0.29) is 5.91 Å². The van der Waals surface area contributed by atoms with E-state index in [0.29, 0.717) is 16.9 Å². The lowest BCUT2D eigenvalue weighted by Crippen LogP contribution is -2.33. The van der Waals surface area contributed by atoms with E-state index in [1.165, 1.54) is 24.6 Å². The molecular weight excluding hydrogens is 336 g/mol. The van der Waals surface area contributed by atoms with Crippen LogP contribution in [0.15, 0.2) is 40.1 Å². The van der Waals surface area contributed by atoms with Crippen LogP contribution in [-0.4, -0.2) is 44.8 Å². The molecule has 4 rings (SSSR count). The number of carbonyl (C=O) groups excluding carboxylic acids is 1. The number of para-hydroxylation sites is 1. The van der Waals surface area contributed by atoms with Crippen molar-refractivity contribution in [3.63, 3.8) is 0 Å². The van der Waals surface area contributed by atoms with Crippen molar-refractivity contribution in [2.75, 3.05) is 18.8 Å². The molecule has 25 heavy (non-hydrogen) atoms. The summed E-state index contributed by atoms with van der Waals surface area (Å²) in [5.41, 5.74) is 1.91. The molecule has 1 N–H and O–H groups in total. The number of carbonyl (C=O) groups is 1. The summed E-state index contributed by atoms with van der Waals surface area (Å²) in [5, 5.41) is 9.69. The fraction of sp³-hybridized carbons (Fsp3) is 0.389. The number of thioether (sulfide) groups is 1. The van der Waals surface area contributed by atoms with Gasteiger partial charge in [0.25, 0.3) is 11.1 Å². The van der Waals surface area contributed by atoms with Crippen LogP contribution >= 0.6 is 11.8 Å². The molecular formula is C18H20N4O2S. The number of hydrogen-bond acceptors (Lipinski definition) is 5. The molecule has 1 aliphatic rings. The largest absolute Gasteiger partial charge is 0.411 e. The van der Waals surface area contributed by atoms with Gasteiger partial charge in [-0.1, -0.05) is 42.8 Å². The predicted octanol–water partition coefficient (Wildman–Crippen LogP) is 3.71. The van der Waals surface area contributed by atoms with Gasteiger partial charge in [-0.05, 0) is 18.9 Å². The highest BCUT2D eigenvalue weighted by molar-refractivity contribution is 7.99. The average molecular weight is 356 g/mol. The summed E-state index contributed by atoms with van der Waals surface area (Å²) in [6.07, 6.45) is 6.50. The molecule has 2 aromatic heterocycles. The Morgan fingerprint density at radius 2 is 1.96 bits per heavy atom. The van der Waals surface area contributed by atoms with Crippen LogP contribution in [0.1, 0.15) is 25.7 Å². The highest BCUT2D eigenvalue weighted by Gasteiger charge is 2.18. The van der Waals surface area contributed by atoms with E-state index in [1.807, 2.05) is 35.4 Å². The number of hydrogen-bond donors (Lipinski definition) is 1. The lowest BCUT2D eigenvalue weighted by atomic mass is 10.2. The second-order valence-corrected chi connectivity index (χ2v) is 7.13. The van der Waals surface area contributed by atoms with E-state index in [1.54, 1.807) is 0 Å². The molecule has 1 fully saturated rings. The molecule has 0 saturated carbocycles. The summed E-state index contributed by atoms with van der Waals surface area (Å²) in [5.74, 6) is 0.969. The summed E-state index contributed by atoms with van der Waals surface area (Å²) in [4.78, 5) is 17.5. The summed E-state index contributed by atoms with van der Waals surface area (Å²) < 4.78 is 5.75. The Hall–Kier alpha value is -2.28. The second kappa shape index (κ2) is 7.31. The van der Waals surface area contributed by atoms with Crippen LogP contribution in [0.5, 0.6) is 0 Å². The minimum absolute atomic E-state index is 0.152. The first-order chi connectivity index (χ1) is 12.3. The van der Waals surface area contributed by atoms with E-state index >= 15 is 0 Å². The van der Waals surface area contributed by atoms with Gasteiger partial charge >= 0.3 is 0 Å². The van der Waals surface area contributed by atoms with E-state index < -0.39 is 0 Å². The number of nitrogens with one attached hydrogen (secondary N) is 1. The highest BCUT2D eigenvalue weighted by atomic mass is 32.2. The molecule has 0 unspecified atom stereocenters. The van der Waals surface area contributed by atoms with Crippen LogP contribution in [0.25, 0.3) is 22.4 Å². The first-order valence-corrected chi connectivity index (χ1v) is 9.60. The third kappa shape index (κ3) is 3.56. The zero-order valence-corrected chi connectivity index (χ0v) is 14.7. The Balaban J connectivity index is 1.42. The number of rotatable bonds is 4. The Morgan fingerprint density at radius 3 is 2.80 bits per heavy atom. The van der Waals surface area contributed by atoms with Gasteiger partial charge in [-0.25, -0.2) is 0 Å². The zero-order chi connectivity index (χ0) is 17.1. The molecule has 3 aromatic rings. The van der Waals surface area contributed by atoms with Crippen LogP contribution in [0.3, 0.4) is 0 Å². The lowest BCUT2D eigenvalue weighted by molar-refractivity contribution is -0.128. The number of fused-ring (bicyclic) bond motifs is 1. The lowest BCUT2D eigenvalue weighted by Gasteiger charge is -2.19. The maximum atomic E-state index is 12.3. The maximum absolute atomic E-state index is 12.3. The van der Waals surface area contributed by atoms with Crippen LogP contribution in [0.4, 0.5) is 0 Å². The number of aromatic nitrogens is 3. The molecule has 0 spiro atoms. The Labute approximate surface area is 150 Å². The highest BCUT2D eigenvalue weighted by Crippen LogP contribution is 2.29. The van der Waals surface area contributed by atoms with Crippen molar-refractivity contribution in [1.29, 1.82) is 0 Å². The minimum Gasteiger partial charge on any atom is -0.411 e. The Morgan fingerprint density at radius 1 is 1.16 bits per heavy atom. The number of likely N-dealkylation sites (tertiary alicyclic amines) is 1. The number of H-pyrrole nitrogens is 1. The van der Waals surface area contributed by atoms with Crippen molar-refractivity contribution in [3.8, 4) is 11.5 Å². The van der Waals surface area contributed by atoms with Crippen LogP contribution < -0.4 is 0 Å². The molecule has 1 aromatic carbocycles. The fourth-order valence-corrected chi connectivity index (χ4v) is 3.83. The normalized spacial score (nSPS) is 15.4. The van der Waals surface area contributed by atoms with Gasteiger partial charge in [0.1, 0.15) is 0 Å². The molecule has 3 heterocycles. The van der Waals surface area contributed by atoms with E-state index in [0.717, 1.165) is 42.4 Å². The zero-order valence-electron chi connectivity index (χ0n) is 13.9. The first kappa shape index (κ1) is 16.2. The summed E-state index contributed by atoms with van der Waals surface area (Å²) >= 11 is 1.31. The van der Waals surface area contributed by atoms with E-state index in [9.17, 15) is 4.79 Å². The van der Waals surface area contributed by atoms with E-state index in [2.05, 4.69) is 15.2 Å². The first-order valence-electron chi connectivity index (χ1n) is 8.62. The van der Waals surface area contributed by atoms with Crippen molar-refractivity contribution >= 4 is 28.6 Å². The average Bonchev–Trinajstić information content (AvgIpc) is 3.18. The second-order valence-electron chi connectivity index (χ2n) is 6.20. The van der Waals surface area contributed by atoms with Gasteiger partial charge in [-0.15, -0.1) is 10.2 Å². The van der Waals surface area contributed by atoms with Gasteiger partial charge in [0.2, 0.25) is 5.91 Å². The summed E-state index contributed by atoms with van der Waals surface area (Å²) in [6.45, 7) is 1.73. The molecule has 130 valence electrons. The molecule has 0 radical (unpaired) electrons. The van der Waals surface area contributed by atoms with Gasteiger partial charge in [0, 0.05) is 30.2 Å². The maximum Gasteiger partial charge on any atom is 0.277 e. The van der Waals surface area contributed by atoms with Crippen molar-refractivity contribution in [3.05, 3.63) is 30.5 Å². The molecule has 0 bridgehead atoms. The quantitative estimate of drug-likeness (QED) is 0.721. The molecule has 0 atom stereocenters. The molecule has 1 saturated heterocycles. The van der Waals surface area contributed by atoms with E-state index in [4.69, 9.17) is 4.42 Å². The van der Waals surface area contributed by atoms with Crippen molar-refractivity contribution in [2.24, 2.45) is 0 Å². The van der Waals surface area contributed by atoms with Crippen LogP contribution in [0.2, 0.25) is 0 Å². The SMILES string of the molecule is O=C(CSc1nnc(-c2c[nH]c3ccccc23)o1)N1CCCCCC1. The number of aromatic amines is 1. The predicted molar refractivity (Wildman–Crippen MR) is 97.4 cm³/mol. The van der Waals surface area contributed by atoms with Gasteiger partial charge in [-0.2, -0.15) is 0 Å². The van der Waals surface area contributed by atoms with Gasteiger partial charge in [0.15, 0.2) is 0 Å². The molecule has 1 amide bonds. The molecule has 0 aliphatic carbocycles. The van der Waals surface area contributed by atoms with Gasteiger partial charge < -0.3 is 14.3 Å². The number of benzene rings is 1. The Bertz CT molecular complexity index is 865. The monoisotopic (exact) mass is 356 g/mol. The van der Waals surface area contributed by atoms with Gasteiger partial charge in [0.05, 0.1) is 11.3 Å². The Kier molecular flexibility index (Phi) is 4.74. The summed E-state index contributed by atoms with van der Waals surface area (Å²) in [7, 11) is 0. The summed E-state index contributed by atoms with van der Waals surface area (Å²) in [6, 6.07) is 7.98. The number of amides is 1. The smallest absolute Gasteiger partial charge is 0.277 e. The minimum atomic E-state index is 0.152. The number of nitrogens with zero attached hydrogens (tertiary/aromatic N) is 3. The van der Waals surface area contributed by atoms with Crippen molar-refractivity contribution in [2.45, 2.75) is 30.9 Å². The van der Waals surface area contributed by atoms with Gasteiger partial charge in [-0.3, -0.25) is 4.79 Å².